The highest BCUT2D eigenvalue weighted by molar-refractivity contribution is 5.80. The third kappa shape index (κ3) is 7.03. The number of hydrogen-bond donors (Lipinski definition) is 1. The zero-order valence-electron chi connectivity index (χ0n) is 16.1. The Balaban J connectivity index is 1.78. The van der Waals surface area contributed by atoms with Crippen LogP contribution in [0.4, 0.5) is 13.2 Å². The van der Waals surface area contributed by atoms with Gasteiger partial charge in [-0.1, -0.05) is 24.3 Å². The molecule has 1 aliphatic heterocycles. The number of methoxy groups -OCH3 is 1. The van der Waals surface area contributed by atoms with Crippen molar-refractivity contribution in [2.75, 3.05) is 33.9 Å². The van der Waals surface area contributed by atoms with Gasteiger partial charge in [-0.15, -0.1) is 0 Å². The van der Waals surface area contributed by atoms with Gasteiger partial charge < -0.3 is 19.7 Å². The van der Waals surface area contributed by atoms with Crippen LogP contribution in [0.1, 0.15) is 24.0 Å². The summed E-state index contributed by atoms with van der Waals surface area (Å²) in [5.41, 5.74) is 1.66. The van der Waals surface area contributed by atoms with E-state index in [4.69, 9.17) is 4.74 Å². The first-order chi connectivity index (χ1) is 13.3. The fourth-order valence-electron chi connectivity index (χ4n) is 3.05. The van der Waals surface area contributed by atoms with Crippen LogP contribution in [0.2, 0.25) is 0 Å². The van der Waals surface area contributed by atoms with Gasteiger partial charge in [-0.25, -0.2) is 0 Å². The number of guanidine groups is 1. The lowest BCUT2D eigenvalue weighted by Gasteiger charge is -2.33. The molecule has 0 aliphatic carbocycles. The number of halogens is 3. The highest BCUT2D eigenvalue weighted by atomic mass is 19.4. The van der Waals surface area contributed by atoms with Crippen LogP contribution in [0.25, 0.3) is 0 Å². The number of likely N-dealkylation sites (tertiary alicyclic amines) is 1. The summed E-state index contributed by atoms with van der Waals surface area (Å²) in [7, 11) is 3.11. The smallest absolute Gasteiger partial charge is 0.411 e. The molecular weight excluding hydrogens is 375 g/mol. The van der Waals surface area contributed by atoms with Gasteiger partial charge in [-0.05, 0) is 24.0 Å². The predicted octanol–water partition coefficient (Wildman–Crippen LogP) is 2.73. The Morgan fingerprint density at radius 1 is 1.21 bits per heavy atom. The molecule has 9 heteroatoms. The Morgan fingerprint density at radius 2 is 1.82 bits per heavy atom. The maximum atomic E-state index is 12.1. The minimum Gasteiger partial charge on any atom is -0.469 e. The van der Waals surface area contributed by atoms with Crippen molar-refractivity contribution < 1.29 is 27.4 Å². The number of carbonyl (C=O) groups is 1. The van der Waals surface area contributed by atoms with E-state index in [-0.39, 0.29) is 18.5 Å². The van der Waals surface area contributed by atoms with Crippen LogP contribution < -0.4 is 5.32 Å². The number of benzene rings is 1. The quantitative estimate of drug-likeness (QED) is 0.451. The lowest BCUT2D eigenvalue weighted by Crippen LogP contribution is -2.46. The van der Waals surface area contributed by atoms with Crippen molar-refractivity contribution >= 4 is 11.9 Å². The molecule has 1 saturated heterocycles. The first-order valence-electron chi connectivity index (χ1n) is 9.08. The number of rotatable bonds is 6. The van der Waals surface area contributed by atoms with Crippen LogP contribution >= 0.6 is 0 Å². The predicted molar refractivity (Wildman–Crippen MR) is 98.7 cm³/mol. The Morgan fingerprint density at radius 3 is 2.36 bits per heavy atom. The number of ether oxygens (including phenoxy) is 2. The summed E-state index contributed by atoms with van der Waals surface area (Å²) < 4.78 is 45.7. The fourth-order valence-corrected chi connectivity index (χ4v) is 3.05. The summed E-state index contributed by atoms with van der Waals surface area (Å²) in [6.45, 7) is 0.639. The zero-order valence-corrected chi connectivity index (χ0v) is 16.1. The number of aliphatic imine (C=N–C) groups is 1. The van der Waals surface area contributed by atoms with Gasteiger partial charge in [-0.3, -0.25) is 9.79 Å². The molecule has 0 saturated carbocycles. The summed E-state index contributed by atoms with van der Waals surface area (Å²) >= 11 is 0. The average Bonchev–Trinajstić information content (AvgIpc) is 2.68. The minimum absolute atomic E-state index is 0.0635. The van der Waals surface area contributed by atoms with Gasteiger partial charge in [-0.2, -0.15) is 13.2 Å². The van der Waals surface area contributed by atoms with Crippen LogP contribution in [0, 0.1) is 5.92 Å². The van der Waals surface area contributed by atoms with Crippen LogP contribution in [0.5, 0.6) is 0 Å². The number of nitrogens with one attached hydrogen (secondary N) is 1. The lowest BCUT2D eigenvalue weighted by atomic mass is 9.97. The van der Waals surface area contributed by atoms with E-state index in [1.165, 1.54) is 7.11 Å². The van der Waals surface area contributed by atoms with Crippen molar-refractivity contribution in [1.82, 2.24) is 10.2 Å². The molecule has 1 aromatic carbocycles. The molecule has 0 bridgehead atoms. The number of nitrogens with zero attached hydrogens (tertiary/aromatic N) is 2. The number of alkyl halides is 3. The number of carbonyl (C=O) groups excluding carboxylic acids is 1. The molecule has 0 radical (unpaired) electrons. The molecule has 1 heterocycles. The van der Waals surface area contributed by atoms with Crippen molar-refractivity contribution in [3.63, 3.8) is 0 Å². The van der Waals surface area contributed by atoms with Gasteiger partial charge in [0.2, 0.25) is 0 Å². The largest absolute Gasteiger partial charge is 0.469 e. The maximum Gasteiger partial charge on any atom is 0.411 e. The number of piperidine rings is 1. The van der Waals surface area contributed by atoms with Crippen LogP contribution in [0.3, 0.4) is 0 Å². The van der Waals surface area contributed by atoms with Crippen molar-refractivity contribution in [2.24, 2.45) is 10.9 Å². The van der Waals surface area contributed by atoms with Crippen LogP contribution in [-0.4, -0.2) is 56.9 Å². The van der Waals surface area contributed by atoms with Crippen molar-refractivity contribution in [3.05, 3.63) is 35.4 Å². The standard InChI is InChI=1S/C19H26F3N3O3/c1-23-18(25-9-7-16(8-10-25)17(26)27-2)24-11-14-3-5-15(6-4-14)12-28-13-19(20,21)22/h3-6,16H,7-13H2,1-2H3,(H,23,24). The van der Waals surface area contributed by atoms with Gasteiger partial charge >= 0.3 is 12.1 Å². The molecule has 6 nitrogen and oxygen atoms in total. The highest BCUT2D eigenvalue weighted by Gasteiger charge is 2.28. The Kier molecular flexibility index (Phi) is 8.10. The van der Waals surface area contributed by atoms with E-state index in [1.807, 2.05) is 12.1 Å². The van der Waals surface area contributed by atoms with Crippen LogP contribution in [0.15, 0.2) is 29.3 Å². The first-order valence-corrected chi connectivity index (χ1v) is 9.08. The summed E-state index contributed by atoms with van der Waals surface area (Å²) in [5.74, 6) is 0.522. The molecule has 0 aromatic heterocycles. The number of hydrogen-bond acceptors (Lipinski definition) is 4. The molecule has 1 aliphatic rings. The van der Waals surface area contributed by atoms with Crippen molar-refractivity contribution in [1.29, 1.82) is 0 Å². The monoisotopic (exact) mass is 401 g/mol. The Labute approximate surface area is 162 Å². The topological polar surface area (TPSA) is 63.2 Å². The fraction of sp³-hybridized carbons (Fsp3) is 0.579. The van der Waals surface area contributed by atoms with Gasteiger partial charge in [0.1, 0.15) is 6.61 Å². The van der Waals surface area contributed by atoms with E-state index in [9.17, 15) is 18.0 Å². The van der Waals surface area contributed by atoms with E-state index >= 15 is 0 Å². The zero-order chi connectivity index (χ0) is 20.6. The molecule has 2 rings (SSSR count). The minimum atomic E-state index is -4.31. The van der Waals surface area contributed by atoms with E-state index in [1.54, 1.807) is 19.2 Å². The Bertz CT molecular complexity index is 655. The molecule has 156 valence electrons. The SMILES string of the molecule is CN=C(NCc1ccc(COCC(F)(F)F)cc1)N1CCC(C(=O)OC)CC1. The second-order valence-corrected chi connectivity index (χ2v) is 6.61. The molecule has 1 aromatic rings. The molecule has 28 heavy (non-hydrogen) atoms. The number of esters is 1. The summed E-state index contributed by atoms with van der Waals surface area (Å²) in [6.07, 6.45) is -2.87. The summed E-state index contributed by atoms with van der Waals surface area (Å²) in [6, 6.07) is 7.18. The maximum absolute atomic E-state index is 12.1. The third-order valence-electron chi connectivity index (χ3n) is 4.55. The van der Waals surface area contributed by atoms with Gasteiger partial charge in [0.05, 0.1) is 19.6 Å². The van der Waals surface area contributed by atoms with E-state index in [2.05, 4.69) is 19.9 Å². The van der Waals surface area contributed by atoms with E-state index in [0.29, 0.717) is 12.1 Å². The normalized spacial score (nSPS) is 16.2. The molecule has 0 amide bonds. The Hall–Kier alpha value is -2.29. The van der Waals surface area contributed by atoms with E-state index in [0.717, 1.165) is 37.5 Å². The molecule has 0 unspecified atom stereocenters. The molecule has 1 N–H and O–H groups in total. The van der Waals surface area contributed by atoms with E-state index < -0.39 is 12.8 Å². The lowest BCUT2D eigenvalue weighted by molar-refractivity contribution is -0.176. The second-order valence-electron chi connectivity index (χ2n) is 6.61. The first kappa shape index (κ1) is 22.0. The van der Waals surface area contributed by atoms with Gasteiger partial charge in [0, 0.05) is 26.7 Å². The van der Waals surface area contributed by atoms with Gasteiger partial charge in [0.15, 0.2) is 5.96 Å². The van der Waals surface area contributed by atoms with Crippen LogP contribution in [-0.2, 0) is 27.4 Å². The third-order valence-corrected chi connectivity index (χ3v) is 4.55. The molecule has 1 fully saturated rings. The van der Waals surface area contributed by atoms with Crippen molar-refractivity contribution in [3.8, 4) is 0 Å². The van der Waals surface area contributed by atoms with Crippen molar-refractivity contribution in [2.45, 2.75) is 32.2 Å². The second kappa shape index (κ2) is 10.3. The molecule has 0 spiro atoms. The summed E-state index contributed by atoms with van der Waals surface area (Å²) in [5, 5.41) is 3.28. The average molecular weight is 401 g/mol. The molecular formula is C19H26F3N3O3. The summed E-state index contributed by atoms with van der Waals surface area (Å²) in [4.78, 5) is 18.0. The molecule has 0 atom stereocenters. The van der Waals surface area contributed by atoms with Gasteiger partial charge in [0.25, 0.3) is 0 Å². The highest BCUT2D eigenvalue weighted by Crippen LogP contribution is 2.19.